The number of rotatable bonds is 6. The molecule has 1 aliphatic rings. The molecule has 0 unspecified atom stereocenters. The molecule has 0 aliphatic heterocycles. The molecule has 8 N–H and O–H groups in total. The summed E-state index contributed by atoms with van der Waals surface area (Å²) in [4.78, 5) is 52.1. The Morgan fingerprint density at radius 2 is 0.917 bits per heavy atom. The van der Waals surface area contributed by atoms with E-state index in [2.05, 4.69) is 13.6 Å². The first kappa shape index (κ1) is 22.2. The van der Waals surface area contributed by atoms with Gasteiger partial charge in [0.2, 0.25) is 0 Å². The van der Waals surface area contributed by atoms with Crippen molar-refractivity contribution >= 4 is 23.5 Å². The zero-order chi connectivity index (χ0) is 19.1. The molecule has 1 rings (SSSR count). The minimum Gasteiger partial charge on any atom is -0.387 e. The van der Waals surface area contributed by atoms with Gasteiger partial charge in [-0.25, -0.2) is 18.1 Å². The van der Waals surface area contributed by atoms with Gasteiger partial charge in [0.15, 0.2) is 6.17 Å². The fraction of sp³-hybridized carbons (Fsp3) is 1.00. The highest BCUT2D eigenvalue weighted by atomic mass is 31.2. The highest BCUT2D eigenvalue weighted by Crippen LogP contribution is 2.49. The first-order chi connectivity index (χ1) is 10.5. The molecule has 0 amide bonds. The van der Waals surface area contributed by atoms with Crippen molar-refractivity contribution < 1.29 is 71.2 Å². The molecular weight excluding hydrogens is 408 g/mol. The summed E-state index contributed by atoms with van der Waals surface area (Å²) in [7, 11) is -16.4. The summed E-state index contributed by atoms with van der Waals surface area (Å²) in [5.41, 5.74) is 0. The first-order valence-electron chi connectivity index (χ1n) is 5.74. The van der Waals surface area contributed by atoms with Crippen molar-refractivity contribution in [3.05, 3.63) is 0 Å². The van der Waals surface area contributed by atoms with E-state index < -0.39 is 60.2 Å². The molecule has 0 aromatic heterocycles. The number of hydrogen-bond donors (Lipinski definition) is 8. The van der Waals surface area contributed by atoms with E-state index in [1.165, 1.54) is 0 Å². The summed E-state index contributed by atoms with van der Waals surface area (Å²) in [6.45, 7) is 0. The smallest absolute Gasteiger partial charge is 0.387 e. The molecule has 0 radical (unpaired) electrons. The number of hydrogen-bond acceptors (Lipinski definition) is 8. The second-order valence-corrected chi connectivity index (χ2v) is 8.18. The van der Waals surface area contributed by atoms with Gasteiger partial charge in [0, 0.05) is 0 Å². The van der Waals surface area contributed by atoms with Crippen molar-refractivity contribution in [3.8, 4) is 0 Å². The number of aliphatic hydroxyl groups excluding tert-OH is 2. The first-order valence-corrected chi connectivity index (χ1v) is 10.3. The predicted molar refractivity (Wildman–Crippen MR) is 67.7 cm³/mol. The fourth-order valence-corrected chi connectivity index (χ4v) is 3.66. The lowest BCUT2D eigenvalue weighted by Crippen LogP contribution is -2.63. The van der Waals surface area contributed by atoms with E-state index in [4.69, 9.17) is 29.4 Å². The summed E-state index contributed by atoms with van der Waals surface area (Å²) in [5, 5.41) is 19.4. The lowest BCUT2D eigenvalue weighted by Gasteiger charge is -2.43. The van der Waals surface area contributed by atoms with Gasteiger partial charge in [0.05, 0.1) is 0 Å². The molecule has 0 heterocycles. The molecule has 1 saturated carbocycles. The normalized spacial score (nSPS) is 35.9. The van der Waals surface area contributed by atoms with Gasteiger partial charge in [-0.2, -0.15) is 0 Å². The third kappa shape index (κ3) is 6.48. The van der Waals surface area contributed by atoms with E-state index in [1.807, 2.05) is 0 Å². The zero-order valence-electron chi connectivity index (χ0n) is 11.2. The van der Waals surface area contributed by atoms with Gasteiger partial charge in [-0.3, -0.25) is 13.6 Å². The van der Waals surface area contributed by atoms with Gasteiger partial charge in [-0.1, -0.05) is 0 Å². The van der Waals surface area contributed by atoms with Crippen LogP contribution in [0.3, 0.4) is 0 Å². The van der Waals surface area contributed by atoms with Crippen molar-refractivity contribution in [3.63, 3.8) is 0 Å². The Balaban J connectivity index is 3.23. The summed E-state index contributed by atoms with van der Waals surface area (Å²) in [5.74, 6) is 0. The van der Waals surface area contributed by atoms with E-state index in [1.54, 1.807) is 0 Å². The molecule has 0 saturated heterocycles. The van der Waals surface area contributed by atoms with Crippen LogP contribution < -0.4 is 0 Å². The number of alkyl halides is 1. The average molecular weight is 422 g/mol. The monoisotopic (exact) mass is 422 g/mol. The molecule has 18 heteroatoms. The molecule has 6 atom stereocenters. The van der Waals surface area contributed by atoms with Crippen molar-refractivity contribution in [1.29, 1.82) is 0 Å². The van der Waals surface area contributed by atoms with Crippen molar-refractivity contribution in [2.45, 2.75) is 36.7 Å². The van der Waals surface area contributed by atoms with E-state index in [-0.39, 0.29) is 0 Å². The largest absolute Gasteiger partial charge is 0.470 e. The van der Waals surface area contributed by atoms with Crippen molar-refractivity contribution in [2.75, 3.05) is 0 Å². The Hall–Kier alpha value is 0.180. The highest BCUT2D eigenvalue weighted by Gasteiger charge is 2.57. The maximum atomic E-state index is 14.0. The quantitative estimate of drug-likeness (QED) is 0.206. The molecule has 0 aromatic carbocycles. The van der Waals surface area contributed by atoms with Gasteiger partial charge < -0.3 is 39.6 Å². The van der Waals surface area contributed by atoms with Crippen LogP contribution in [0.5, 0.6) is 0 Å². The van der Waals surface area contributed by atoms with E-state index in [0.29, 0.717) is 0 Å². The molecule has 14 nitrogen and oxygen atoms in total. The molecule has 144 valence electrons. The SMILES string of the molecule is O=P(O)(O)O[C@@H]1[C@H](O)[C@H](OP(=O)(O)O)[C@H](F)[C@H](O)[C@@H]1OP(=O)(O)O. The molecular formula is C6H14FO14P3. The van der Waals surface area contributed by atoms with Crippen molar-refractivity contribution in [2.24, 2.45) is 0 Å². The summed E-state index contributed by atoms with van der Waals surface area (Å²) < 4.78 is 58.3. The van der Waals surface area contributed by atoms with Crippen molar-refractivity contribution in [1.82, 2.24) is 0 Å². The van der Waals surface area contributed by atoms with Gasteiger partial charge in [0.25, 0.3) is 0 Å². The fourth-order valence-electron chi connectivity index (χ4n) is 1.98. The highest BCUT2D eigenvalue weighted by molar-refractivity contribution is 7.46. The summed E-state index contributed by atoms with van der Waals surface area (Å²) in [6.07, 6.45) is -15.6. The van der Waals surface area contributed by atoms with Crippen LogP contribution in [0.15, 0.2) is 0 Å². The molecule has 0 bridgehead atoms. The van der Waals surface area contributed by atoms with Crippen LogP contribution >= 0.6 is 23.5 Å². The number of halogens is 1. The lowest BCUT2D eigenvalue weighted by atomic mass is 9.86. The van der Waals surface area contributed by atoms with Crippen LogP contribution in [0.25, 0.3) is 0 Å². The summed E-state index contributed by atoms with van der Waals surface area (Å²) in [6, 6.07) is 0. The topological polar surface area (TPSA) is 241 Å². The van der Waals surface area contributed by atoms with E-state index in [0.717, 1.165) is 0 Å². The van der Waals surface area contributed by atoms with Crippen LogP contribution in [-0.4, -0.2) is 76.3 Å². The standard InChI is InChI=1S/C6H14FO14P3/c7-1-2(8)5(20-23(13,14)15)6(21-24(16,17)18)3(9)4(1)19-22(10,11)12/h1-6,8-9H,(H2,10,11,12)(H2,13,14,15)(H2,16,17,18)/t1-,2+,3-,4-,5+,6-/m1/s1. The van der Waals surface area contributed by atoms with E-state index in [9.17, 15) is 28.3 Å². The third-order valence-corrected chi connectivity index (χ3v) is 4.30. The summed E-state index contributed by atoms with van der Waals surface area (Å²) >= 11 is 0. The Morgan fingerprint density at radius 1 is 0.625 bits per heavy atom. The molecule has 0 spiro atoms. The minimum absolute atomic E-state index is 2.50. The van der Waals surface area contributed by atoms with Crippen LogP contribution in [0.4, 0.5) is 4.39 Å². The van der Waals surface area contributed by atoms with Gasteiger partial charge >= 0.3 is 23.5 Å². The van der Waals surface area contributed by atoms with Gasteiger partial charge in [0.1, 0.15) is 30.5 Å². The number of phosphoric ester groups is 3. The average Bonchev–Trinajstić information content (AvgIpc) is 2.32. The Kier molecular flexibility index (Phi) is 6.88. The van der Waals surface area contributed by atoms with Gasteiger partial charge in [-0.15, -0.1) is 0 Å². The second-order valence-electron chi connectivity index (χ2n) is 4.61. The molecule has 1 fully saturated rings. The Labute approximate surface area is 132 Å². The van der Waals surface area contributed by atoms with Gasteiger partial charge in [-0.05, 0) is 0 Å². The maximum absolute atomic E-state index is 14.0. The van der Waals surface area contributed by atoms with Crippen LogP contribution in [0, 0.1) is 0 Å². The van der Waals surface area contributed by atoms with E-state index >= 15 is 0 Å². The number of phosphoric acid groups is 3. The lowest BCUT2D eigenvalue weighted by molar-refractivity contribution is -0.195. The predicted octanol–water partition coefficient (Wildman–Crippen LogP) is -2.51. The minimum atomic E-state index is -5.47. The zero-order valence-corrected chi connectivity index (χ0v) is 13.9. The molecule has 1 aliphatic carbocycles. The third-order valence-electron chi connectivity index (χ3n) is 2.75. The maximum Gasteiger partial charge on any atom is 0.470 e. The number of aliphatic hydroxyl groups is 2. The molecule has 24 heavy (non-hydrogen) atoms. The Bertz CT molecular complexity index is 579. The molecule has 0 aromatic rings. The van der Waals surface area contributed by atoms with Crippen LogP contribution in [0.2, 0.25) is 0 Å². The van der Waals surface area contributed by atoms with Crippen LogP contribution in [-0.2, 0) is 27.3 Å². The second kappa shape index (κ2) is 7.43. The Morgan fingerprint density at radius 3 is 1.25 bits per heavy atom. The van der Waals surface area contributed by atoms with Crippen LogP contribution in [0.1, 0.15) is 0 Å².